The molecule has 3 N–H and O–H groups in total. The van der Waals surface area contributed by atoms with E-state index >= 15 is 0 Å². The summed E-state index contributed by atoms with van der Waals surface area (Å²) in [4.78, 5) is 11.2. The lowest BCUT2D eigenvalue weighted by Gasteiger charge is -2.19. The molecule has 5 heteroatoms. The molecule has 0 radical (unpaired) electrons. The molecule has 0 fully saturated rings. The highest BCUT2D eigenvalue weighted by Gasteiger charge is 2.15. The fourth-order valence-corrected chi connectivity index (χ4v) is 0.959. The average Bonchev–Trinajstić information content (AvgIpc) is 2.08. The van der Waals surface area contributed by atoms with Gasteiger partial charge < -0.3 is 15.2 Å². The number of hydrogen-bond donors (Lipinski definition) is 3. The fourth-order valence-electron chi connectivity index (χ4n) is 0.959. The van der Waals surface area contributed by atoms with E-state index in [0.717, 1.165) is 19.4 Å². The van der Waals surface area contributed by atoms with Crippen LogP contribution in [0.15, 0.2) is 0 Å². The Morgan fingerprint density at radius 2 is 1.87 bits per heavy atom. The highest BCUT2D eigenvalue weighted by atomic mass is 16.6. The third-order valence-corrected chi connectivity index (χ3v) is 1.56. The molecular weight excluding hydrogens is 196 g/mol. The molecule has 0 bridgehead atoms. The van der Waals surface area contributed by atoms with Gasteiger partial charge in [-0.2, -0.15) is 0 Å². The van der Waals surface area contributed by atoms with Crippen LogP contribution in [0.1, 0.15) is 33.6 Å². The molecule has 0 aromatic carbocycles. The van der Waals surface area contributed by atoms with Crippen LogP contribution in [0.4, 0.5) is 4.79 Å². The van der Waals surface area contributed by atoms with E-state index in [1.807, 2.05) is 20.8 Å². The fraction of sp³-hybridized carbons (Fsp3) is 0.900. The van der Waals surface area contributed by atoms with Crippen LogP contribution in [0.5, 0.6) is 0 Å². The first-order chi connectivity index (χ1) is 6.95. The van der Waals surface area contributed by atoms with Gasteiger partial charge >= 0.3 is 6.09 Å². The summed E-state index contributed by atoms with van der Waals surface area (Å²) in [6.45, 7) is 6.85. The summed E-state index contributed by atoms with van der Waals surface area (Å²) in [5.41, 5.74) is -0.442. The molecule has 0 atom stereocenters. The van der Waals surface area contributed by atoms with Gasteiger partial charge in [-0.15, -0.1) is 0 Å². The molecule has 0 rings (SSSR count). The minimum atomic E-state index is -0.442. The Balaban J connectivity index is 3.32. The Bertz CT molecular complexity index is 178. The van der Waals surface area contributed by atoms with Gasteiger partial charge in [-0.05, 0) is 40.2 Å². The Morgan fingerprint density at radius 1 is 1.27 bits per heavy atom. The maximum Gasteiger partial charge on any atom is 0.407 e. The van der Waals surface area contributed by atoms with Gasteiger partial charge in [0.05, 0.1) is 6.73 Å². The minimum absolute atomic E-state index is 0.000502. The zero-order valence-electron chi connectivity index (χ0n) is 9.80. The zero-order valence-corrected chi connectivity index (χ0v) is 9.80. The minimum Gasteiger partial charge on any atom is -0.444 e. The van der Waals surface area contributed by atoms with Gasteiger partial charge in [0.25, 0.3) is 0 Å². The standard InChI is InChI=1S/C10H22N2O3/c1-10(2,3)15-9(14)12-7-5-4-6-11-8-13/h11,13H,4-8H2,1-3H3,(H,12,14). The summed E-state index contributed by atoms with van der Waals surface area (Å²) < 4.78 is 5.06. The number of rotatable bonds is 6. The van der Waals surface area contributed by atoms with Crippen molar-refractivity contribution in [2.24, 2.45) is 0 Å². The molecule has 1 amide bonds. The number of amides is 1. The quantitative estimate of drug-likeness (QED) is 0.456. The number of aliphatic hydroxyl groups is 1. The summed E-state index contributed by atoms with van der Waals surface area (Å²) in [6, 6.07) is 0. The molecule has 0 aliphatic carbocycles. The average molecular weight is 218 g/mol. The third kappa shape index (κ3) is 11.1. The summed E-state index contributed by atoms with van der Waals surface area (Å²) in [5, 5.41) is 13.9. The molecule has 0 aromatic heterocycles. The van der Waals surface area contributed by atoms with Crippen molar-refractivity contribution in [1.82, 2.24) is 10.6 Å². The topological polar surface area (TPSA) is 70.6 Å². The second-order valence-electron chi connectivity index (χ2n) is 4.29. The number of nitrogens with one attached hydrogen (secondary N) is 2. The van der Waals surface area contributed by atoms with E-state index in [2.05, 4.69) is 10.6 Å². The van der Waals surface area contributed by atoms with Gasteiger partial charge in [0.15, 0.2) is 0 Å². The van der Waals surface area contributed by atoms with Crippen LogP contribution in [0, 0.1) is 0 Å². The number of unbranched alkanes of at least 4 members (excludes halogenated alkanes) is 1. The van der Waals surface area contributed by atoms with E-state index in [0.29, 0.717) is 6.54 Å². The lowest BCUT2D eigenvalue weighted by atomic mass is 10.2. The van der Waals surface area contributed by atoms with Crippen LogP contribution < -0.4 is 10.6 Å². The van der Waals surface area contributed by atoms with E-state index in [4.69, 9.17) is 9.84 Å². The van der Waals surface area contributed by atoms with Crippen molar-refractivity contribution in [1.29, 1.82) is 0 Å². The zero-order chi connectivity index (χ0) is 11.7. The van der Waals surface area contributed by atoms with Crippen LogP contribution in [-0.4, -0.2) is 36.6 Å². The molecule has 5 nitrogen and oxygen atoms in total. The first-order valence-corrected chi connectivity index (χ1v) is 5.24. The Kier molecular flexibility index (Phi) is 7.07. The number of alkyl carbamates (subject to hydrolysis) is 1. The molecular formula is C10H22N2O3. The maximum absolute atomic E-state index is 11.2. The molecule has 0 aliphatic rings. The predicted molar refractivity (Wildman–Crippen MR) is 58.6 cm³/mol. The van der Waals surface area contributed by atoms with Crippen LogP contribution in [0.3, 0.4) is 0 Å². The van der Waals surface area contributed by atoms with E-state index in [9.17, 15) is 4.79 Å². The largest absolute Gasteiger partial charge is 0.444 e. The van der Waals surface area contributed by atoms with Crippen molar-refractivity contribution >= 4 is 6.09 Å². The summed E-state index contributed by atoms with van der Waals surface area (Å²) in [6.07, 6.45) is 1.40. The SMILES string of the molecule is CC(C)(C)OC(=O)NCCCCNCO. The molecule has 0 heterocycles. The van der Waals surface area contributed by atoms with Crippen LogP contribution >= 0.6 is 0 Å². The van der Waals surface area contributed by atoms with Crippen LogP contribution in [0.2, 0.25) is 0 Å². The highest BCUT2D eigenvalue weighted by molar-refractivity contribution is 5.67. The number of carbonyl (C=O) groups is 1. The number of hydrogen-bond acceptors (Lipinski definition) is 4. The Morgan fingerprint density at radius 3 is 2.40 bits per heavy atom. The van der Waals surface area contributed by atoms with E-state index in [-0.39, 0.29) is 12.8 Å². The van der Waals surface area contributed by atoms with Crippen LogP contribution in [0.25, 0.3) is 0 Å². The number of aliphatic hydroxyl groups excluding tert-OH is 1. The molecule has 0 aromatic rings. The molecule has 0 saturated heterocycles. The molecule has 0 spiro atoms. The summed E-state index contributed by atoms with van der Waals surface area (Å²) in [5.74, 6) is 0. The Labute approximate surface area is 91.2 Å². The lowest BCUT2D eigenvalue weighted by Crippen LogP contribution is -2.33. The van der Waals surface area contributed by atoms with Gasteiger partial charge in [-0.1, -0.05) is 0 Å². The van der Waals surface area contributed by atoms with Crippen molar-refractivity contribution in [2.45, 2.75) is 39.2 Å². The normalized spacial score (nSPS) is 11.2. The van der Waals surface area contributed by atoms with Crippen molar-refractivity contribution in [3.63, 3.8) is 0 Å². The van der Waals surface area contributed by atoms with Gasteiger partial charge in [-0.25, -0.2) is 4.79 Å². The van der Waals surface area contributed by atoms with E-state index < -0.39 is 5.60 Å². The lowest BCUT2D eigenvalue weighted by molar-refractivity contribution is 0.0527. The van der Waals surface area contributed by atoms with Gasteiger partial charge in [0.2, 0.25) is 0 Å². The predicted octanol–water partition coefficient (Wildman–Crippen LogP) is 0.831. The first-order valence-electron chi connectivity index (χ1n) is 5.24. The molecule has 15 heavy (non-hydrogen) atoms. The van der Waals surface area contributed by atoms with E-state index in [1.54, 1.807) is 0 Å². The van der Waals surface area contributed by atoms with Gasteiger partial charge in [0, 0.05) is 6.54 Å². The monoisotopic (exact) mass is 218 g/mol. The number of ether oxygens (including phenoxy) is 1. The maximum atomic E-state index is 11.2. The van der Waals surface area contributed by atoms with Crippen LogP contribution in [-0.2, 0) is 4.74 Å². The summed E-state index contributed by atoms with van der Waals surface area (Å²) >= 11 is 0. The smallest absolute Gasteiger partial charge is 0.407 e. The molecule has 0 saturated carbocycles. The van der Waals surface area contributed by atoms with Crippen molar-refractivity contribution in [3.8, 4) is 0 Å². The third-order valence-electron chi connectivity index (χ3n) is 1.56. The first kappa shape index (κ1) is 14.2. The second-order valence-corrected chi connectivity index (χ2v) is 4.29. The van der Waals surface area contributed by atoms with Crippen molar-refractivity contribution in [3.05, 3.63) is 0 Å². The highest BCUT2D eigenvalue weighted by Crippen LogP contribution is 2.06. The number of carbonyl (C=O) groups excluding carboxylic acids is 1. The second kappa shape index (κ2) is 7.48. The van der Waals surface area contributed by atoms with E-state index in [1.165, 1.54) is 0 Å². The van der Waals surface area contributed by atoms with Gasteiger partial charge in [0.1, 0.15) is 5.60 Å². The molecule has 0 aliphatic heterocycles. The molecule has 90 valence electrons. The van der Waals surface area contributed by atoms with Crippen molar-refractivity contribution < 1.29 is 14.6 Å². The summed E-state index contributed by atoms with van der Waals surface area (Å²) in [7, 11) is 0. The Hall–Kier alpha value is -0.810. The van der Waals surface area contributed by atoms with Gasteiger partial charge in [-0.3, -0.25) is 5.32 Å². The van der Waals surface area contributed by atoms with Crippen molar-refractivity contribution in [2.75, 3.05) is 19.8 Å². The molecule has 0 unspecified atom stereocenters.